The maximum Gasteiger partial charge on any atom is 0.279 e. The number of aromatic nitrogens is 1. The van der Waals surface area contributed by atoms with Crippen LogP contribution in [-0.2, 0) is 9.05 Å². The molecular weight excluding hydrogens is 308 g/mol. The highest BCUT2D eigenvalue weighted by Gasteiger charge is 2.16. The van der Waals surface area contributed by atoms with Crippen molar-refractivity contribution in [3.05, 3.63) is 40.6 Å². The van der Waals surface area contributed by atoms with E-state index in [1.54, 1.807) is 12.1 Å². The van der Waals surface area contributed by atoms with Crippen molar-refractivity contribution < 1.29 is 18.1 Å². The molecule has 1 aromatic carbocycles. The van der Waals surface area contributed by atoms with Crippen molar-refractivity contribution in [3.63, 3.8) is 0 Å². The second kappa shape index (κ2) is 5.59. The first-order chi connectivity index (χ1) is 9.38. The van der Waals surface area contributed by atoms with E-state index in [1.165, 1.54) is 18.3 Å². The summed E-state index contributed by atoms with van der Waals surface area (Å²) in [4.78, 5) is 14.4. The summed E-state index contributed by atoms with van der Waals surface area (Å²) in [5.74, 6) is -0.0913. The van der Waals surface area contributed by atoms with Gasteiger partial charge in [0.05, 0.1) is 16.1 Å². The minimum Gasteiger partial charge on any atom is -0.490 e. The molecule has 0 radical (unpaired) electrons. The highest BCUT2D eigenvalue weighted by atomic mass is 35.7. The number of ether oxygens (including phenoxy) is 1. The van der Waals surface area contributed by atoms with E-state index < -0.39 is 14.0 Å². The van der Waals surface area contributed by atoms with Crippen molar-refractivity contribution in [2.75, 3.05) is 12.4 Å². The third kappa shape index (κ3) is 3.34. The smallest absolute Gasteiger partial charge is 0.279 e. The number of nitrogens with zero attached hydrogens (tertiary/aromatic N) is 2. The molecule has 0 fully saturated rings. The van der Waals surface area contributed by atoms with Gasteiger partial charge in [-0.15, -0.1) is 0 Å². The van der Waals surface area contributed by atoms with E-state index in [-0.39, 0.29) is 23.8 Å². The summed E-state index contributed by atoms with van der Waals surface area (Å²) in [6.07, 6.45) is 1.47. The normalized spacial score (nSPS) is 11.4. The molecule has 0 bridgehead atoms. The lowest BCUT2D eigenvalue weighted by molar-refractivity contribution is -0.383. The van der Waals surface area contributed by atoms with Gasteiger partial charge in [-0.3, -0.25) is 15.1 Å². The number of nitro groups is 1. The number of nitro benzene ring substituents is 1. The SMILES string of the molecule is O=[N+]([O-])c1ccc(OCCS(=O)(=O)Cl)c2ncccc12. The van der Waals surface area contributed by atoms with E-state index in [0.717, 1.165) is 0 Å². The summed E-state index contributed by atoms with van der Waals surface area (Å²) < 4.78 is 26.9. The zero-order valence-electron chi connectivity index (χ0n) is 10.0. The zero-order chi connectivity index (χ0) is 14.8. The average molecular weight is 317 g/mol. The second-order valence-electron chi connectivity index (χ2n) is 3.83. The summed E-state index contributed by atoms with van der Waals surface area (Å²) in [7, 11) is 1.42. The molecule has 0 aliphatic rings. The van der Waals surface area contributed by atoms with Crippen molar-refractivity contribution in [3.8, 4) is 5.75 Å². The molecule has 0 saturated carbocycles. The molecule has 2 rings (SSSR count). The largest absolute Gasteiger partial charge is 0.490 e. The van der Waals surface area contributed by atoms with Gasteiger partial charge in [0.1, 0.15) is 17.9 Å². The Balaban J connectivity index is 2.36. The molecule has 0 spiro atoms. The van der Waals surface area contributed by atoms with Crippen molar-refractivity contribution >= 4 is 36.3 Å². The Bertz CT molecular complexity index is 762. The minimum atomic E-state index is -3.65. The lowest BCUT2D eigenvalue weighted by atomic mass is 10.1. The van der Waals surface area contributed by atoms with Crippen molar-refractivity contribution in [2.24, 2.45) is 0 Å². The van der Waals surface area contributed by atoms with Gasteiger partial charge in [-0.2, -0.15) is 0 Å². The summed E-state index contributed by atoms with van der Waals surface area (Å²) in [5, 5.41) is 11.2. The van der Waals surface area contributed by atoms with E-state index in [1.807, 2.05) is 0 Å². The van der Waals surface area contributed by atoms with E-state index in [0.29, 0.717) is 10.9 Å². The first kappa shape index (κ1) is 14.5. The molecule has 7 nitrogen and oxygen atoms in total. The van der Waals surface area contributed by atoms with Gasteiger partial charge in [0.15, 0.2) is 0 Å². The second-order valence-corrected chi connectivity index (χ2v) is 6.73. The Hall–Kier alpha value is -1.93. The molecule has 106 valence electrons. The number of benzene rings is 1. The lowest BCUT2D eigenvalue weighted by Gasteiger charge is -2.07. The van der Waals surface area contributed by atoms with Crippen LogP contribution < -0.4 is 4.74 Å². The molecule has 0 saturated heterocycles. The third-order valence-corrected chi connectivity index (χ3v) is 3.61. The molecular formula is C11H9ClN2O5S. The summed E-state index contributed by atoms with van der Waals surface area (Å²) in [6, 6.07) is 5.79. The fourth-order valence-electron chi connectivity index (χ4n) is 1.66. The summed E-state index contributed by atoms with van der Waals surface area (Å²) in [5.41, 5.74) is 0.207. The molecule has 0 amide bonds. The predicted octanol–water partition coefficient (Wildman–Crippen LogP) is 2.09. The highest BCUT2D eigenvalue weighted by Crippen LogP contribution is 2.31. The van der Waals surface area contributed by atoms with Crippen molar-refractivity contribution in [1.29, 1.82) is 0 Å². The Morgan fingerprint density at radius 3 is 2.75 bits per heavy atom. The van der Waals surface area contributed by atoms with Crippen LogP contribution in [0.15, 0.2) is 30.5 Å². The topological polar surface area (TPSA) is 99.4 Å². The summed E-state index contributed by atoms with van der Waals surface area (Å²) in [6.45, 7) is -0.157. The molecule has 0 atom stereocenters. The van der Waals surface area contributed by atoms with Crippen LogP contribution in [0.25, 0.3) is 10.9 Å². The number of hydrogen-bond acceptors (Lipinski definition) is 6. The number of fused-ring (bicyclic) bond motifs is 1. The highest BCUT2D eigenvalue weighted by molar-refractivity contribution is 8.13. The van der Waals surface area contributed by atoms with Gasteiger partial charge in [-0.25, -0.2) is 8.42 Å². The van der Waals surface area contributed by atoms with Gasteiger partial charge in [0.25, 0.3) is 5.69 Å². The maximum atomic E-state index is 10.9. The van der Waals surface area contributed by atoms with Gasteiger partial charge in [0.2, 0.25) is 9.05 Å². The number of pyridine rings is 1. The molecule has 9 heteroatoms. The molecule has 1 heterocycles. The average Bonchev–Trinajstić information content (AvgIpc) is 2.37. The van der Waals surface area contributed by atoms with Crippen molar-refractivity contribution in [2.45, 2.75) is 0 Å². The van der Waals surface area contributed by atoms with E-state index >= 15 is 0 Å². The number of rotatable bonds is 5. The number of non-ortho nitro benzene ring substituents is 1. The van der Waals surface area contributed by atoms with Gasteiger partial charge in [0, 0.05) is 22.9 Å². The first-order valence-electron chi connectivity index (χ1n) is 5.46. The van der Waals surface area contributed by atoms with Crippen LogP contribution >= 0.6 is 10.7 Å². The standard InChI is InChI=1S/C11H9ClN2O5S/c12-20(17,18)7-6-19-10-4-3-9(14(15)16)8-2-1-5-13-11(8)10/h1-5H,6-7H2. The lowest BCUT2D eigenvalue weighted by Crippen LogP contribution is -2.09. The predicted molar refractivity (Wildman–Crippen MR) is 73.5 cm³/mol. The monoisotopic (exact) mass is 316 g/mol. The van der Waals surface area contributed by atoms with Crippen LogP contribution in [0, 0.1) is 10.1 Å². The number of hydrogen-bond donors (Lipinski definition) is 0. The zero-order valence-corrected chi connectivity index (χ0v) is 11.6. The van der Waals surface area contributed by atoms with Crippen LogP contribution in [0.2, 0.25) is 0 Å². The third-order valence-electron chi connectivity index (χ3n) is 2.49. The van der Waals surface area contributed by atoms with Crippen LogP contribution in [0.3, 0.4) is 0 Å². The first-order valence-corrected chi connectivity index (χ1v) is 7.93. The van der Waals surface area contributed by atoms with Crippen LogP contribution in [-0.4, -0.2) is 30.7 Å². The van der Waals surface area contributed by atoms with Gasteiger partial charge in [-0.1, -0.05) is 0 Å². The molecule has 1 aromatic heterocycles. The van der Waals surface area contributed by atoms with E-state index in [4.69, 9.17) is 15.4 Å². The fourth-order valence-corrected chi connectivity index (χ4v) is 2.13. The summed E-state index contributed by atoms with van der Waals surface area (Å²) >= 11 is 0. The van der Waals surface area contributed by atoms with E-state index in [9.17, 15) is 18.5 Å². The van der Waals surface area contributed by atoms with Crippen LogP contribution in [0.1, 0.15) is 0 Å². The van der Waals surface area contributed by atoms with Crippen LogP contribution in [0.5, 0.6) is 5.75 Å². The van der Waals surface area contributed by atoms with Gasteiger partial charge >= 0.3 is 0 Å². The molecule has 2 aromatic rings. The fraction of sp³-hybridized carbons (Fsp3) is 0.182. The Labute approximate surface area is 118 Å². The van der Waals surface area contributed by atoms with E-state index in [2.05, 4.69) is 4.98 Å². The Morgan fingerprint density at radius 1 is 1.35 bits per heavy atom. The Morgan fingerprint density at radius 2 is 2.10 bits per heavy atom. The number of halogens is 1. The Kier molecular flexibility index (Phi) is 4.05. The molecule has 0 N–H and O–H groups in total. The minimum absolute atomic E-state index is 0.0922. The molecule has 0 unspecified atom stereocenters. The van der Waals surface area contributed by atoms with Crippen LogP contribution in [0.4, 0.5) is 5.69 Å². The molecule has 20 heavy (non-hydrogen) atoms. The molecule has 0 aliphatic heterocycles. The van der Waals surface area contributed by atoms with Gasteiger partial charge in [-0.05, 0) is 18.2 Å². The maximum absolute atomic E-state index is 10.9. The quantitative estimate of drug-likeness (QED) is 0.475. The molecule has 0 aliphatic carbocycles. The van der Waals surface area contributed by atoms with Crippen molar-refractivity contribution in [1.82, 2.24) is 4.98 Å². The van der Waals surface area contributed by atoms with Gasteiger partial charge < -0.3 is 4.74 Å².